The fraction of sp³-hybridized carbons (Fsp3) is 0.316. The lowest BCUT2D eigenvalue weighted by atomic mass is 9.94. The molecule has 0 unspecified atom stereocenters. The van der Waals surface area contributed by atoms with Crippen LogP contribution in [-0.4, -0.2) is 37.6 Å². The van der Waals surface area contributed by atoms with Crippen LogP contribution in [0.25, 0.3) is 11.3 Å². The van der Waals surface area contributed by atoms with Crippen LogP contribution in [0.3, 0.4) is 0 Å². The van der Waals surface area contributed by atoms with E-state index >= 15 is 0 Å². The van der Waals surface area contributed by atoms with Crippen molar-refractivity contribution in [2.45, 2.75) is 36.6 Å². The molecule has 0 atom stereocenters. The number of aryl methyl sites for hydroxylation is 2. The van der Waals surface area contributed by atoms with Gasteiger partial charge in [0, 0.05) is 23.6 Å². The summed E-state index contributed by atoms with van der Waals surface area (Å²) in [5.74, 6) is -0.140. The number of rotatable bonds is 7. The normalized spacial score (nSPS) is 11.8. The van der Waals surface area contributed by atoms with Crippen molar-refractivity contribution in [1.82, 2.24) is 20.0 Å². The highest BCUT2D eigenvalue weighted by atomic mass is 35.5. The minimum absolute atomic E-state index is 0. The standard InChI is InChI=1S/C19H21N5O2S.2ClH/c20-9-4-10-24-17(19(25)26)13-7-8-14-15(16(13)23-24)18(22-21-14)27-11-12-5-2-1-3-6-12;;/h1-3,5-6H,4,7-11,20H2,(H,21,22)(H,25,26);2*1H. The molecule has 0 aliphatic heterocycles. The number of fused-ring (bicyclic) bond motifs is 3. The highest BCUT2D eigenvalue weighted by Gasteiger charge is 2.31. The molecule has 1 aliphatic carbocycles. The van der Waals surface area contributed by atoms with Crippen LogP contribution < -0.4 is 5.73 Å². The van der Waals surface area contributed by atoms with Crippen molar-refractivity contribution < 1.29 is 9.90 Å². The molecule has 1 aromatic carbocycles. The van der Waals surface area contributed by atoms with E-state index in [0.29, 0.717) is 25.9 Å². The number of halogens is 2. The highest BCUT2D eigenvalue weighted by Crippen LogP contribution is 2.40. The van der Waals surface area contributed by atoms with Crippen LogP contribution >= 0.6 is 36.6 Å². The number of hydrogen-bond acceptors (Lipinski definition) is 5. The molecule has 7 nitrogen and oxygen atoms in total. The molecule has 0 amide bonds. The Morgan fingerprint density at radius 2 is 2.00 bits per heavy atom. The lowest BCUT2D eigenvalue weighted by Crippen LogP contribution is -2.14. The van der Waals surface area contributed by atoms with E-state index in [2.05, 4.69) is 27.4 Å². The molecule has 0 spiro atoms. The predicted molar refractivity (Wildman–Crippen MR) is 118 cm³/mol. The van der Waals surface area contributed by atoms with E-state index in [1.807, 2.05) is 18.2 Å². The third-order valence-electron chi connectivity index (χ3n) is 4.72. The number of carboxylic acids is 1. The first-order valence-electron chi connectivity index (χ1n) is 8.96. The summed E-state index contributed by atoms with van der Waals surface area (Å²) in [5, 5.41) is 22.8. The second kappa shape index (κ2) is 10.2. The first-order valence-corrected chi connectivity index (χ1v) is 9.95. The molecule has 156 valence electrons. The largest absolute Gasteiger partial charge is 0.477 e. The van der Waals surface area contributed by atoms with E-state index in [9.17, 15) is 9.90 Å². The van der Waals surface area contributed by atoms with Crippen molar-refractivity contribution in [3.8, 4) is 11.3 Å². The van der Waals surface area contributed by atoms with Gasteiger partial charge in [-0.2, -0.15) is 10.2 Å². The van der Waals surface area contributed by atoms with E-state index in [0.717, 1.165) is 39.7 Å². The molecule has 1 aliphatic rings. The number of aromatic carboxylic acids is 1. The second-order valence-electron chi connectivity index (χ2n) is 6.50. The molecule has 0 saturated heterocycles. The van der Waals surface area contributed by atoms with Gasteiger partial charge >= 0.3 is 5.97 Å². The van der Waals surface area contributed by atoms with Crippen molar-refractivity contribution in [1.29, 1.82) is 0 Å². The van der Waals surface area contributed by atoms with Gasteiger partial charge < -0.3 is 10.8 Å². The summed E-state index contributed by atoms with van der Waals surface area (Å²) in [6.07, 6.45) is 2.08. The Morgan fingerprint density at radius 3 is 2.69 bits per heavy atom. The number of carboxylic acid groups (broad SMARTS) is 1. The second-order valence-corrected chi connectivity index (χ2v) is 7.47. The van der Waals surface area contributed by atoms with Crippen LogP contribution in [0.4, 0.5) is 0 Å². The van der Waals surface area contributed by atoms with E-state index < -0.39 is 5.97 Å². The summed E-state index contributed by atoms with van der Waals surface area (Å²) in [6, 6.07) is 10.2. The zero-order valence-corrected chi connectivity index (χ0v) is 18.1. The highest BCUT2D eigenvalue weighted by molar-refractivity contribution is 7.98. The van der Waals surface area contributed by atoms with Crippen LogP contribution in [0.5, 0.6) is 0 Å². The van der Waals surface area contributed by atoms with E-state index in [4.69, 9.17) is 5.73 Å². The van der Waals surface area contributed by atoms with Gasteiger partial charge in [0.15, 0.2) is 0 Å². The lowest BCUT2D eigenvalue weighted by Gasteiger charge is -2.12. The lowest BCUT2D eigenvalue weighted by molar-refractivity contribution is 0.0681. The minimum Gasteiger partial charge on any atom is -0.477 e. The molecule has 0 saturated carbocycles. The molecular formula is C19H23Cl2N5O2S. The Bertz CT molecular complexity index is 975. The summed E-state index contributed by atoms with van der Waals surface area (Å²) in [7, 11) is 0. The third-order valence-corrected chi connectivity index (χ3v) is 5.76. The number of hydrogen-bond donors (Lipinski definition) is 3. The van der Waals surface area contributed by atoms with Crippen molar-refractivity contribution >= 4 is 42.5 Å². The number of nitrogens with one attached hydrogen (secondary N) is 1. The zero-order valence-electron chi connectivity index (χ0n) is 15.6. The summed E-state index contributed by atoms with van der Waals surface area (Å²) >= 11 is 1.64. The summed E-state index contributed by atoms with van der Waals surface area (Å²) < 4.78 is 1.59. The average Bonchev–Trinajstić information content (AvgIpc) is 3.26. The zero-order chi connectivity index (χ0) is 18.8. The smallest absolute Gasteiger partial charge is 0.354 e. The van der Waals surface area contributed by atoms with Gasteiger partial charge in [0.1, 0.15) is 16.4 Å². The molecule has 2 heterocycles. The number of nitrogens with zero attached hydrogens (tertiary/aromatic N) is 3. The average molecular weight is 456 g/mol. The monoisotopic (exact) mass is 455 g/mol. The number of carbonyl (C=O) groups is 1. The molecule has 29 heavy (non-hydrogen) atoms. The fourth-order valence-corrected chi connectivity index (χ4v) is 4.41. The van der Waals surface area contributed by atoms with Gasteiger partial charge in [-0.05, 0) is 31.4 Å². The molecule has 4 N–H and O–H groups in total. The van der Waals surface area contributed by atoms with Crippen LogP contribution in [0.1, 0.15) is 33.7 Å². The van der Waals surface area contributed by atoms with Gasteiger partial charge in [-0.15, -0.1) is 24.8 Å². The number of H-pyrrole nitrogens is 1. The molecule has 4 rings (SSSR count). The summed E-state index contributed by atoms with van der Waals surface area (Å²) in [5.41, 5.74) is 10.6. The SMILES string of the molecule is Cl.Cl.NCCCn1nc2c(c1C(=O)O)CCc1[nH]nc(SCc3ccccc3)c1-2. The number of thioether (sulfide) groups is 1. The third kappa shape index (κ3) is 4.61. The van der Waals surface area contributed by atoms with E-state index in [1.165, 1.54) is 5.56 Å². The maximum absolute atomic E-state index is 11.8. The van der Waals surface area contributed by atoms with Crippen molar-refractivity contribution in [3.05, 3.63) is 52.8 Å². The Morgan fingerprint density at radius 1 is 1.24 bits per heavy atom. The van der Waals surface area contributed by atoms with Gasteiger partial charge in [-0.3, -0.25) is 9.78 Å². The van der Waals surface area contributed by atoms with Gasteiger partial charge in [-0.25, -0.2) is 4.79 Å². The molecule has 3 aromatic rings. The molecule has 10 heteroatoms. The fourth-order valence-electron chi connectivity index (χ4n) is 3.44. The maximum atomic E-state index is 11.8. The predicted octanol–water partition coefficient (Wildman–Crippen LogP) is 3.55. The maximum Gasteiger partial charge on any atom is 0.354 e. The van der Waals surface area contributed by atoms with Gasteiger partial charge in [-0.1, -0.05) is 42.1 Å². The van der Waals surface area contributed by atoms with Crippen LogP contribution in [-0.2, 0) is 25.1 Å². The molecular weight excluding hydrogens is 433 g/mol. The van der Waals surface area contributed by atoms with Crippen LogP contribution in [0.15, 0.2) is 35.4 Å². The molecule has 0 bridgehead atoms. The van der Waals surface area contributed by atoms with Crippen molar-refractivity contribution in [2.75, 3.05) is 6.54 Å². The van der Waals surface area contributed by atoms with Gasteiger partial charge in [0.2, 0.25) is 0 Å². The van der Waals surface area contributed by atoms with Crippen molar-refractivity contribution in [2.24, 2.45) is 5.73 Å². The summed E-state index contributed by atoms with van der Waals surface area (Å²) in [4.78, 5) is 11.8. The quantitative estimate of drug-likeness (QED) is 0.469. The van der Waals surface area contributed by atoms with Crippen LogP contribution in [0.2, 0.25) is 0 Å². The van der Waals surface area contributed by atoms with Crippen LogP contribution in [0, 0.1) is 0 Å². The Kier molecular flexibility index (Phi) is 8.15. The van der Waals surface area contributed by atoms with E-state index in [1.54, 1.807) is 16.4 Å². The van der Waals surface area contributed by atoms with E-state index in [-0.39, 0.29) is 30.5 Å². The van der Waals surface area contributed by atoms with Gasteiger partial charge in [0.25, 0.3) is 0 Å². The number of nitrogens with two attached hydrogens (primary N) is 1. The Hall–Kier alpha value is -2.00. The molecule has 0 radical (unpaired) electrons. The Balaban J connectivity index is 0.00000150. The van der Waals surface area contributed by atoms with Gasteiger partial charge in [0.05, 0.1) is 5.56 Å². The minimum atomic E-state index is -0.939. The molecule has 2 aromatic heterocycles. The molecule has 0 fully saturated rings. The first kappa shape index (κ1) is 23.3. The first-order chi connectivity index (χ1) is 13.2. The topological polar surface area (TPSA) is 110 Å². The number of benzene rings is 1. The number of aromatic nitrogens is 4. The Labute approximate surface area is 185 Å². The number of aromatic amines is 1. The summed E-state index contributed by atoms with van der Waals surface area (Å²) in [6.45, 7) is 1.00. The van der Waals surface area contributed by atoms with Crippen molar-refractivity contribution in [3.63, 3.8) is 0 Å².